The molecule has 0 spiro atoms. The van der Waals surface area contributed by atoms with Crippen molar-refractivity contribution in [1.29, 1.82) is 0 Å². The van der Waals surface area contributed by atoms with E-state index in [-0.39, 0.29) is 5.75 Å². The van der Waals surface area contributed by atoms with Crippen LogP contribution in [0.2, 0.25) is 0 Å². The number of pyridine rings is 1. The minimum atomic E-state index is -2.86. The van der Waals surface area contributed by atoms with Gasteiger partial charge in [0.05, 0.1) is 23.8 Å². The zero-order chi connectivity index (χ0) is 23.4. The van der Waals surface area contributed by atoms with E-state index < -0.39 is 6.61 Å². The summed E-state index contributed by atoms with van der Waals surface area (Å²) in [5.74, 6) is 2.44. The lowest BCUT2D eigenvalue weighted by atomic mass is 10.2. The predicted octanol–water partition coefficient (Wildman–Crippen LogP) is 6.77. The third kappa shape index (κ3) is 5.78. The lowest BCUT2D eigenvalue weighted by Gasteiger charge is -2.13. The number of ether oxygens (including phenoxy) is 2. The van der Waals surface area contributed by atoms with Crippen molar-refractivity contribution >= 4 is 34.6 Å². The Labute approximate surface area is 199 Å². The molecule has 0 saturated heterocycles. The lowest BCUT2D eigenvalue weighted by molar-refractivity contribution is -0.0497. The van der Waals surface area contributed by atoms with Crippen LogP contribution in [0.15, 0.2) is 58.7 Å². The van der Waals surface area contributed by atoms with Crippen LogP contribution in [0.25, 0.3) is 11.0 Å². The summed E-state index contributed by atoms with van der Waals surface area (Å²) in [5, 5.41) is 0.702. The maximum Gasteiger partial charge on any atom is 0.387 e. The van der Waals surface area contributed by atoms with E-state index in [2.05, 4.69) is 45.7 Å². The molecule has 4 rings (SSSR count). The molecule has 0 aliphatic heterocycles. The summed E-state index contributed by atoms with van der Waals surface area (Å²) >= 11 is 3.32. The number of nitrogens with one attached hydrogen (secondary N) is 1. The highest BCUT2D eigenvalue weighted by atomic mass is 32.2. The average molecular weight is 488 g/mol. The molecule has 2 aromatic heterocycles. The standard InChI is InChI=1S/C24H23F2N3O2S2/c1-14-11-27-21(15(2)22(14)32-12-16-4-6-17(30-3)7-5-16)13-33-24-28-19-9-8-18(31-23(25)26)10-20(19)29-24/h4-11,23H,12-13H2,1-3H3,(H,28,29). The fourth-order valence-corrected chi connectivity index (χ4v) is 5.37. The van der Waals surface area contributed by atoms with Gasteiger partial charge in [-0.15, -0.1) is 11.8 Å². The Balaban J connectivity index is 1.44. The number of hydrogen-bond acceptors (Lipinski definition) is 6. The number of halogens is 2. The Morgan fingerprint density at radius 2 is 1.76 bits per heavy atom. The second-order valence-electron chi connectivity index (χ2n) is 7.37. The number of H-pyrrole nitrogens is 1. The average Bonchev–Trinajstić information content (AvgIpc) is 3.20. The number of aryl methyl sites for hydroxylation is 1. The summed E-state index contributed by atoms with van der Waals surface area (Å²) in [6.07, 6.45) is 1.91. The van der Waals surface area contributed by atoms with Crippen molar-refractivity contribution < 1.29 is 18.3 Å². The number of fused-ring (bicyclic) bond motifs is 1. The SMILES string of the molecule is COc1ccc(CSc2c(C)cnc(CSc3nc4cc(OC(F)F)ccc4[nH]3)c2C)cc1. The Kier molecular flexibility index (Phi) is 7.39. The van der Waals surface area contributed by atoms with Crippen molar-refractivity contribution in [2.75, 3.05) is 7.11 Å². The first kappa shape index (κ1) is 23.4. The molecule has 2 heterocycles. The normalized spacial score (nSPS) is 11.3. The fourth-order valence-electron chi connectivity index (χ4n) is 3.35. The van der Waals surface area contributed by atoms with E-state index in [0.29, 0.717) is 16.4 Å². The lowest BCUT2D eigenvalue weighted by Crippen LogP contribution is -2.01. The number of alkyl halides is 2. The highest BCUT2D eigenvalue weighted by molar-refractivity contribution is 7.98. The number of thioether (sulfide) groups is 2. The second-order valence-corrected chi connectivity index (χ2v) is 9.32. The minimum Gasteiger partial charge on any atom is -0.497 e. The van der Waals surface area contributed by atoms with Crippen LogP contribution in [-0.2, 0) is 11.5 Å². The summed E-state index contributed by atoms with van der Waals surface area (Å²) in [6.45, 7) is 1.31. The summed E-state index contributed by atoms with van der Waals surface area (Å²) in [7, 11) is 1.66. The van der Waals surface area contributed by atoms with E-state index in [0.717, 1.165) is 33.8 Å². The zero-order valence-corrected chi connectivity index (χ0v) is 20.0. The number of methoxy groups -OCH3 is 1. The first-order valence-electron chi connectivity index (χ1n) is 10.2. The monoisotopic (exact) mass is 487 g/mol. The minimum absolute atomic E-state index is 0.0927. The van der Waals surface area contributed by atoms with Gasteiger partial charge in [0.1, 0.15) is 11.5 Å². The molecule has 0 aliphatic carbocycles. The van der Waals surface area contributed by atoms with Gasteiger partial charge in [-0.25, -0.2) is 4.98 Å². The van der Waals surface area contributed by atoms with E-state index in [9.17, 15) is 8.78 Å². The summed E-state index contributed by atoms with van der Waals surface area (Å²) < 4.78 is 34.6. The molecule has 2 aromatic carbocycles. The highest BCUT2D eigenvalue weighted by Crippen LogP contribution is 2.33. The van der Waals surface area contributed by atoms with E-state index in [1.807, 2.05) is 18.3 Å². The van der Waals surface area contributed by atoms with Crippen LogP contribution in [0.1, 0.15) is 22.4 Å². The van der Waals surface area contributed by atoms with Gasteiger partial charge in [-0.3, -0.25) is 4.98 Å². The highest BCUT2D eigenvalue weighted by Gasteiger charge is 2.13. The number of hydrogen-bond donors (Lipinski definition) is 1. The van der Waals surface area contributed by atoms with Gasteiger partial charge in [0.15, 0.2) is 5.16 Å². The van der Waals surface area contributed by atoms with Crippen molar-refractivity contribution in [3.63, 3.8) is 0 Å². The Hall–Kier alpha value is -2.78. The first-order valence-corrected chi connectivity index (χ1v) is 12.2. The van der Waals surface area contributed by atoms with Gasteiger partial charge in [0.25, 0.3) is 0 Å². The van der Waals surface area contributed by atoms with E-state index >= 15 is 0 Å². The van der Waals surface area contributed by atoms with Crippen LogP contribution >= 0.6 is 23.5 Å². The molecule has 33 heavy (non-hydrogen) atoms. The van der Waals surface area contributed by atoms with Gasteiger partial charge < -0.3 is 14.5 Å². The van der Waals surface area contributed by atoms with E-state index in [4.69, 9.17) is 4.74 Å². The van der Waals surface area contributed by atoms with Gasteiger partial charge >= 0.3 is 6.61 Å². The van der Waals surface area contributed by atoms with Gasteiger partial charge in [-0.05, 0) is 54.8 Å². The van der Waals surface area contributed by atoms with Gasteiger partial charge in [-0.2, -0.15) is 8.78 Å². The summed E-state index contributed by atoms with van der Waals surface area (Å²) in [6, 6.07) is 12.8. The molecule has 0 amide bonds. The Morgan fingerprint density at radius 3 is 2.48 bits per heavy atom. The number of aromatic nitrogens is 3. The van der Waals surface area contributed by atoms with Crippen LogP contribution in [0.3, 0.4) is 0 Å². The zero-order valence-electron chi connectivity index (χ0n) is 18.4. The van der Waals surface area contributed by atoms with Crippen molar-refractivity contribution in [2.24, 2.45) is 0 Å². The molecule has 0 saturated carbocycles. The third-order valence-electron chi connectivity index (χ3n) is 5.09. The molecule has 4 aromatic rings. The van der Waals surface area contributed by atoms with Crippen LogP contribution in [0.4, 0.5) is 8.78 Å². The Bertz CT molecular complexity index is 1250. The molecular weight excluding hydrogens is 464 g/mol. The maximum absolute atomic E-state index is 12.4. The van der Waals surface area contributed by atoms with Gasteiger partial charge in [-0.1, -0.05) is 23.9 Å². The molecule has 172 valence electrons. The van der Waals surface area contributed by atoms with E-state index in [1.54, 1.807) is 24.9 Å². The number of benzene rings is 2. The predicted molar refractivity (Wildman–Crippen MR) is 129 cm³/mol. The summed E-state index contributed by atoms with van der Waals surface area (Å²) in [4.78, 5) is 13.6. The smallest absolute Gasteiger partial charge is 0.387 e. The molecule has 0 aliphatic rings. The van der Waals surface area contributed by atoms with Crippen LogP contribution < -0.4 is 9.47 Å². The van der Waals surface area contributed by atoms with E-state index in [1.165, 1.54) is 34.4 Å². The molecular formula is C24H23F2N3O2S2. The van der Waals surface area contributed by atoms with Gasteiger partial charge in [0, 0.05) is 28.7 Å². The molecule has 0 fully saturated rings. The molecule has 0 unspecified atom stereocenters. The number of rotatable bonds is 9. The molecule has 5 nitrogen and oxygen atoms in total. The molecule has 0 bridgehead atoms. The topological polar surface area (TPSA) is 60.0 Å². The molecule has 0 radical (unpaired) electrons. The van der Waals surface area contributed by atoms with Crippen LogP contribution in [0, 0.1) is 13.8 Å². The largest absolute Gasteiger partial charge is 0.497 e. The van der Waals surface area contributed by atoms with Crippen LogP contribution in [0.5, 0.6) is 11.5 Å². The van der Waals surface area contributed by atoms with Crippen molar-refractivity contribution in [2.45, 2.75) is 42.0 Å². The van der Waals surface area contributed by atoms with Crippen molar-refractivity contribution in [3.8, 4) is 11.5 Å². The first-order chi connectivity index (χ1) is 15.9. The summed E-state index contributed by atoms with van der Waals surface area (Å²) in [5.41, 5.74) is 5.87. The molecule has 1 N–H and O–H groups in total. The maximum atomic E-state index is 12.4. The van der Waals surface area contributed by atoms with Crippen LogP contribution in [-0.4, -0.2) is 28.7 Å². The number of aromatic amines is 1. The Morgan fingerprint density at radius 1 is 1.00 bits per heavy atom. The van der Waals surface area contributed by atoms with Crippen molar-refractivity contribution in [1.82, 2.24) is 15.0 Å². The number of nitrogens with zero attached hydrogens (tertiary/aromatic N) is 2. The fraction of sp³-hybridized carbons (Fsp3) is 0.250. The molecule has 0 atom stereocenters. The number of imidazole rings is 1. The quantitative estimate of drug-likeness (QED) is 0.263. The van der Waals surface area contributed by atoms with Crippen molar-refractivity contribution in [3.05, 3.63) is 71.0 Å². The third-order valence-corrected chi connectivity index (χ3v) is 7.37. The van der Waals surface area contributed by atoms with Gasteiger partial charge in [0.2, 0.25) is 0 Å². The molecule has 9 heteroatoms. The second kappa shape index (κ2) is 10.4.